The minimum Gasteiger partial charge on any atom is -0.475 e. The van der Waals surface area contributed by atoms with Crippen molar-refractivity contribution in [2.24, 2.45) is 5.92 Å². The van der Waals surface area contributed by atoms with Gasteiger partial charge in [0.15, 0.2) is 5.89 Å². The van der Waals surface area contributed by atoms with E-state index in [1.807, 2.05) is 0 Å². The van der Waals surface area contributed by atoms with E-state index in [1.54, 1.807) is 0 Å². The van der Waals surface area contributed by atoms with Gasteiger partial charge in [0.1, 0.15) is 0 Å². The van der Waals surface area contributed by atoms with E-state index in [0.717, 1.165) is 12.8 Å². The molecular weight excluding hydrogens is 287 g/mol. The fraction of sp³-hybridized carbons (Fsp3) is 0.714. The number of alkyl halides is 3. The zero-order chi connectivity index (χ0) is 15.2. The van der Waals surface area contributed by atoms with Crippen molar-refractivity contribution in [3.8, 4) is 0 Å². The lowest BCUT2D eigenvalue weighted by atomic mass is 9.81. The number of hydrogen-bond acceptors (Lipinski definition) is 3. The summed E-state index contributed by atoms with van der Waals surface area (Å²) in [7, 11) is 0. The molecule has 1 N–H and O–H groups in total. The highest BCUT2D eigenvalue weighted by molar-refractivity contribution is 5.86. The van der Waals surface area contributed by atoms with E-state index in [4.69, 9.17) is 9.52 Å². The van der Waals surface area contributed by atoms with E-state index in [0.29, 0.717) is 18.5 Å². The van der Waals surface area contributed by atoms with E-state index in [2.05, 4.69) is 4.98 Å². The second kappa shape index (κ2) is 5.03. The third-order valence-corrected chi connectivity index (χ3v) is 4.31. The molecule has 2 aliphatic carbocycles. The van der Waals surface area contributed by atoms with Gasteiger partial charge in [0.2, 0.25) is 5.76 Å². The molecule has 0 bridgehead atoms. The summed E-state index contributed by atoms with van der Waals surface area (Å²) < 4.78 is 43.8. The molecule has 0 aromatic carbocycles. The van der Waals surface area contributed by atoms with Gasteiger partial charge in [0.25, 0.3) is 0 Å². The van der Waals surface area contributed by atoms with Crippen LogP contribution < -0.4 is 0 Å². The van der Waals surface area contributed by atoms with Crippen LogP contribution in [0.25, 0.3) is 0 Å². The van der Waals surface area contributed by atoms with Crippen LogP contribution in [0.1, 0.15) is 72.5 Å². The average Bonchev–Trinajstić information content (AvgIpc) is 3.16. The maximum Gasteiger partial charge on any atom is 0.391 e. The molecule has 116 valence electrons. The highest BCUT2D eigenvalue weighted by Gasteiger charge is 2.44. The largest absolute Gasteiger partial charge is 0.475 e. The van der Waals surface area contributed by atoms with Crippen LogP contribution in [0, 0.1) is 5.92 Å². The molecular formula is C14H16F3NO3. The smallest absolute Gasteiger partial charge is 0.391 e. The quantitative estimate of drug-likeness (QED) is 0.913. The molecule has 2 atom stereocenters. The van der Waals surface area contributed by atoms with Gasteiger partial charge in [-0.05, 0) is 32.1 Å². The van der Waals surface area contributed by atoms with E-state index in [9.17, 15) is 18.0 Å². The Kier molecular flexibility index (Phi) is 3.45. The Labute approximate surface area is 119 Å². The molecule has 1 heterocycles. The Hall–Kier alpha value is -1.53. The van der Waals surface area contributed by atoms with Gasteiger partial charge in [0.05, 0.1) is 11.6 Å². The van der Waals surface area contributed by atoms with Gasteiger partial charge in [-0.25, -0.2) is 9.78 Å². The number of halogens is 3. The zero-order valence-electron chi connectivity index (χ0n) is 11.3. The van der Waals surface area contributed by atoms with Gasteiger partial charge in [-0.3, -0.25) is 0 Å². The molecule has 0 saturated heterocycles. The van der Waals surface area contributed by atoms with Gasteiger partial charge in [0, 0.05) is 11.8 Å². The van der Waals surface area contributed by atoms with Crippen LogP contribution in [0.2, 0.25) is 0 Å². The third kappa shape index (κ3) is 2.91. The van der Waals surface area contributed by atoms with E-state index in [1.165, 1.54) is 0 Å². The highest BCUT2D eigenvalue weighted by Crippen LogP contribution is 2.46. The number of rotatable bonds is 3. The van der Waals surface area contributed by atoms with Gasteiger partial charge in [-0.1, -0.05) is 6.42 Å². The van der Waals surface area contributed by atoms with Crippen molar-refractivity contribution in [2.45, 2.75) is 56.5 Å². The normalized spacial score (nSPS) is 26.8. The lowest BCUT2D eigenvalue weighted by Gasteiger charge is -2.28. The van der Waals surface area contributed by atoms with Crippen molar-refractivity contribution < 1.29 is 27.5 Å². The van der Waals surface area contributed by atoms with Gasteiger partial charge in [-0.2, -0.15) is 13.2 Å². The summed E-state index contributed by atoms with van der Waals surface area (Å²) >= 11 is 0. The summed E-state index contributed by atoms with van der Waals surface area (Å²) in [5.41, 5.74) is 0.409. The molecule has 0 amide bonds. The molecule has 3 rings (SSSR count). The summed E-state index contributed by atoms with van der Waals surface area (Å²) in [6, 6.07) is 0. The monoisotopic (exact) mass is 303 g/mol. The van der Waals surface area contributed by atoms with Crippen LogP contribution >= 0.6 is 0 Å². The lowest BCUT2D eigenvalue weighted by molar-refractivity contribution is -0.183. The first-order chi connectivity index (χ1) is 9.86. The van der Waals surface area contributed by atoms with E-state index in [-0.39, 0.29) is 30.4 Å². The predicted octanol–water partition coefficient (Wildman–Crippen LogP) is 4.09. The average molecular weight is 303 g/mol. The number of carbonyl (C=O) groups is 1. The number of carboxylic acid groups (broad SMARTS) is 1. The number of carboxylic acids is 1. The maximum absolute atomic E-state index is 12.8. The van der Waals surface area contributed by atoms with Crippen LogP contribution in [0.5, 0.6) is 0 Å². The van der Waals surface area contributed by atoms with Gasteiger partial charge >= 0.3 is 12.1 Å². The predicted molar refractivity (Wildman–Crippen MR) is 66.2 cm³/mol. The topological polar surface area (TPSA) is 63.3 Å². The van der Waals surface area contributed by atoms with Crippen molar-refractivity contribution in [1.29, 1.82) is 0 Å². The fourth-order valence-electron chi connectivity index (χ4n) is 3.02. The first-order valence-electron chi connectivity index (χ1n) is 7.17. The summed E-state index contributed by atoms with van der Waals surface area (Å²) in [6.07, 6.45) is -1.39. The van der Waals surface area contributed by atoms with Crippen molar-refractivity contribution >= 4 is 5.97 Å². The van der Waals surface area contributed by atoms with Crippen LogP contribution in [-0.4, -0.2) is 22.2 Å². The zero-order valence-corrected chi connectivity index (χ0v) is 11.3. The van der Waals surface area contributed by atoms with Crippen LogP contribution in [0.15, 0.2) is 4.42 Å². The molecule has 21 heavy (non-hydrogen) atoms. The Morgan fingerprint density at radius 1 is 1.19 bits per heavy atom. The van der Waals surface area contributed by atoms with Crippen molar-refractivity contribution in [1.82, 2.24) is 4.98 Å². The molecule has 2 aliphatic rings. The van der Waals surface area contributed by atoms with Gasteiger partial charge in [-0.15, -0.1) is 0 Å². The Balaban J connectivity index is 1.83. The molecule has 7 heteroatoms. The summed E-state index contributed by atoms with van der Waals surface area (Å²) in [6.45, 7) is 0. The minimum atomic E-state index is -4.21. The first kappa shape index (κ1) is 14.4. The molecule has 4 nitrogen and oxygen atoms in total. The molecule has 0 radical (unpaired) electrons. The van der Waals surface area contributed by atoms with Crippen LogP contribution in [-0.2, 0) is 0 Å². The molecule has 1 aromatic heterocycles. The van der Waals surface area contributed by atoms with E-state index < -0.39 is 24.0 Å². The molecule has 2 saturated carbocycles. The molecule has 2 unspecified atom stereocenters. The molecule has 2 fully saturated rings. The van der Waals surface area contributed by atoms with Crippen LogP contribution in [0.3, 0.4) is 0 Å². The lowest BCUT2D eigenvalue weighted by Crippen LogP contribution is -2.28. The second-order valence-corrected chi connectivity index (χ2v) is 5.95. The second-order valence-electron chi connectivity index (χ2n) is 5.95. The number of hydrogen-bond donors (Lipinski definition) is 1. The molecule has 0 aliphatic heterocycles. The minimum absolute atomic E-state index is 0.0623. The first-order valence-corrected chi connectivity index (χ1v) is 7.17. The SMILES string of the molecule is O=C(O)c1oc(C2CCCC(C(F)(F)F)C2)nc1C1CC1. The fourth-order valence-corrected chi connectivity index (χ4v) is 3.02. The van der Waals surface area contributed by atoms with E-state index >= 15 is 0 Å². The van der Waals surface area contributed by atoms with Crippen LogP contribution in [0.4, 0.5) is 13.2 Å². The standard InChI is InChI=1S/C14H16F3NO3/c15-14(16,17)9-3-1-2-8(6-9)12-18-10(7-4-5-7)11(21-12)13(19)20/h7-9H,1-6H2,(H,19,20). The van der Waals surface area contributed by atoms with Crippen molar-refractivity contribution in [3.05, 3.63) is 17.3 Å². The number of aromatic nitrogens is 1. The highest BCUT2D eigenvalue weighted by atomic mass is 19.4. The summed E-state index contributed by atoms with van der Waals surface area (Å²) in [4.78, 5) is 15.4. The number of oxazole rings is 1. The molecule has 1 aromatic rings. The third-order valence-electron chi connectivity index (χ3n) is 4.31. The maximum atomic E-state index is 12.8. The van der Waals surface area contributed by atoms with Crippen molar-refractivity contribution in [3.63, 3.8) is 0 Å². The number of nitrogens with zero attached hydrogens (tertiary/aromatic N) is 1. The molecule has 0 spiro atoms. The number of aromatic carboxylic acids is 1. The summed E-state index contributed by atoms with van der Waals surface area (Å²) in [5.74, 6) is -2.91. The Bertz CT molecular complexity index is 548. The van der Waals surface area contributed by atoms with Gasteiger partial charge < -0.3 is 9.52 Å². The Morgan fingerprint density at radius 3 is 2.48 bits per heavy atom. The Morgan fingerprint density at radius 2 is 1.90 bits per heavy atom. The van der Waals surface area contributed by atoms with Crippen molar-refractivity contribution in [2.75, 3.05) is 0 Å². The summed E-state index contributed by atoms with van der Waals surface area (Å²) in [5, 5.41) is 9.12.